The molecular weight excluding hydrogens is 240 g/mol. The summed E-state index contributed by atoms with van der Waals surface area (Å²) in [5.74, 6) is -0.399. The van der Waals surface area contributed by atoms with Crippen molar-refractivity contribution in [2.45, 2.75) is 26.9 Å². The molecule has 3 N–H and O–H groups in total. The maximum absolute atomic E-state index is 10.8. The van der Waals surface area contributed by atoms with Gasteiger partial charge in [0.25, 0.3) is 0 Å². The molecule has 2 rings (SSSR count). The van der Waals surface area contributed by atoms with Crippen LogP contribution in [0, 0.1) is 13.8 Å². The van der Waals surface area contributed by atoms with Crippen LogP contribution < -0.4 is 11.1 Å². The normalized spacial score (nSPS) is 10.4. The van der Waals surface area contributed by atoms with Gasteiger partial charge >= 0.3 is 0 Å². The summed E-state index contributed by atoms with van der Waals surface area (Å²) in [4.78, 5) is 10.8. The SMILES string of the molecule is Cc1cccc(CNc2cnn(CC(N)=O)c2)c1C. The number of primary amides is 1. The fourth-order valence-corrected chi connectivity index (χ4v) is 1.90. The molecule has 5 nitrogen and oxygen atoms in total. The van der Waals surface area contributed by atoms with Crippen LogP contribution >= 0.6 is 0 Å². The summed E-state index contributed by atoms with van der Waals surface area (Å²) in [6.45, 7) is 5.05. The first-order valence-electron chi connectivity index (χ1n) is 6.16. The molecule has 0 unspecified atom stereocenters. The number of benzene rings is 1. The van der Waals surface area contributed by atoms with E-state index in [4.69, 9.17) is 5.73 Å². The third-order valence-electron chi connectivity index (χ3n) is 3.15. The van der Waals surface area contributed by atoms with Crippen molar-refractivity contribution in [3.8, 4) is 0 Å². The lowest BCUT2D eigenvalue weighted by Gasteiger charge is -2.09. The fourth-order valence-electron chi connectivity index (χ4n) is 1.90. The van der Waals surface area contributed by atoms with E-state index in [-0.39, 0.29) is 6.54 Å². The molecule has 5 heteroatoms. The minimum absolute atomic E-state index is 0.102. The number of carbonyl (C=O) groups excluding carboxylic acids is 1. The second kappa shape index (κ2) is 5.56. The summed E-state index contributed by atoms with van der Waals surface area (Å²) in [5, 5.41) is 7.35. The summed E-state index contributed by atoms with van der Waals surface area (Å²) in [7, 11) is 0. The van der Waals surface area contributed by atoms with Gasteiger partial charge in [-0.15, -0.1) is 0 Å². The van der Waals surface area contributed by atoms with Crippen LogP contribution in [-0.4, -0.2) is 15.7 Å². The Kier molecular flexibility index (Phi) is 3.85. The Balaban J connectivity index is 2.00. The zero-order chi connectivity index (χ0) is 13.8. The Bertz CT molecular complexity index is 589. The lowest BCUT2D eigenvalue weighted by atomic mass is 10.0. The monoisotopic (exact) mass is 258 g/mol. The van der Waals surface area contributed by atoms with Gasteiger partial charge in [0.05, 0.1) is 11.9 Å². The molecule has 0 aliphatic rings. The number of rotatable bonds is 5. The predicted molar refractivity (Wildman–Crippen MR) is 74.7 cm³/mol. The van der Waals surface area contributed by atoms with Gasteiger partial charge in [0.1, 0.15) is 6.54 Å². The molecule has 1 amide bonds. The zero-order valence-corrected chi connectivity index (χ0v) is 11.2. The van der Waals surface area contributed by atoms with Gasteiger partial charge in [-0.05, 0) is 30.5 Å². The van der Waals surface area contributed by atoms with E-state index in [1.807, 2.05) is 0 Å². The van der Waals surface area contributed by atoms with Crippen LogP contribution in [0.2, 0.25) is 0 Å². The van der Waals surface area contributed by atoms with Gasteiger partial charge in [0.2, 0.25) is 5.91 Å². The van der Waals surface area contributed by atoms with E-state index in [0.29, 0.717) is 0 Å². The van der Waals surface area contributed by atoms with Gasteiger partial charge in [0.15, 0.2) is 0 Å². The van der Waals surface area contributed by atoms with Gasteiger partial charge in [-0.3, -0.25) is 9.48 Å². The summed E-state index contributed by atoms with van der Waals surface area (Å²) in [5.41, 5.74) is 9.82. The molecule has 0 saturated heterocycles. The highest BCUT2D eigenvalue weighted by Crippen LogP contribution is 2.14. The minimum Gasteiger partial charge on any atom is -0.378 e. The van der Waals surface area contributed by atoms with Crippen molar-refractivity contribution >= 4 is 11.6 Å². The van der Waals surface area contributed by atoms with Crippen LogP contribution in [0.4, 0.5) is 5.69 Å². The van der Waals surface area contributed by atoms with Crippen LogP contribution in [0.25, 0.3) is 0 Å². The highest BCUT2D eigenvalue weighted by atomic mass is 16.1. The Morgan fingerprint density at radius 3 is 2.95 bits per heavy atom. The molecular formula is C14H18N4O. The second-order valence-corrected chi connectivity index (χ2v) is 4.61. The summed E-state index contributed by atoms with van der Waals surface area (Å²) >= 11 is 0. The average molecular weight is 258 g/mol. The summed E-state index contributed by atoms with van der Waals surface area (Å²) < 4.78 is 1.52. The molecule has 0 aliphatic carbocycles. The number of aryl methyl sites for hydroxylation is 1. The van der Waals surface area contributed by atoms with Crippen molar-refractivity contribution in [3.05, 3.63) is 47.3 Å². The molecule has 0 spiro atoms. The highest BCUT2D eigenvalue weighted by Gasteiger charge is 2.03. The first-order valence-corrected chi connectivity index (χ1v) is 6.16. The van der Waals surface area contributed by atoms with E-state index in [1.165, 1.54) is 21.4 Å². The maximum Gasteiger partial charge on any atom is 0.239 e. The van der Waals surface area contributed by atoms with Gasteiger partial charge in [-0.1, -0.05) is 18.2 Å². The largest absolute Gasteiger partial charge is 0.378 e. The second-order valence-electron chi connectivity index (χ2n) is 4.61. The molecule has 1 heterocycles. The number of carbonyl (C=O) groups is 1. The lowest BCUT2D eigenvalue weighted by molar-refractivity contribution is -0.118. The van der Waals surface area contributed by atoms with Gasteiger partial charge in [0, 0.05) is 12.7 Å². The molecule has 1 aromatic carbocycles. The Morgan fingerprint density at radius 1 is 1.42 bits per heavy atom. The van der Waals surface area contributed by atoms with Gasteiger partial charge in [-0.25, -0.2) is 0 Å². The quantitative estimate of drug-likeness (QED) is 0.855. The van der Waals surface area contributed by atoms with Gasteiger partial charge in [-0.2, -0.15) is 5.10 Å². The van der Waals surface area contributed by atoms with Crippen molar-refractivity contribution in [2.24, 2.45) is 5.73 Å². The predicted octanol–water partition coefficient (Wildman–Crippen LogP) is 1.60. The van der Waals surface area contributed by atoms with Crippen molar-refractivity contribution in [1.82, 2.24) is 9.78 Å². The Labute approximate surface area is 112 Å². The van der Waals surface area contributed by atoms with Crippen LogP contribution in [0.3, 0.4) is 0 Å². The third-order valence-corrected chi connectivity index (χ3v) is 3.15. The topological polar surface area (TPSA) is 72.9 Å². The fraction of sp³-hybridized carbons (Fsp3) is 0.286. The van der Waals surface area contributed by atoms with Crippen molar-refractivity contribution in [1.29, 1.82) is 0 Å². The molecule has 2 aromatic rings. The average Bonchev–Trinajstić information content (AvgIpc) is 2.78. The molecule has 0 bridgehead atoms. The van der Waals surface area contributed by atoms with Crippen molar-refractivity contribution in [3.63, 3.8) is 0 Å². The summed E-state index contributed by atoms with van der Waals surface area (Å²) in [6, 6.07) is 6.25. The number of nitrogens with zero attached hydrogens (tertiary/aromatic N) is 2. The molecule has 0 atom stereocenters. The number of hydrogen-bond donors (Lipinski definition) is 2. The zero-order valence-electron chi connectivity index (χ0n) is 11.2. The van der Waals surface area contributed by atoms with Crippen LogP contribution in [0.1, 0.15) is 16.7 Å². The number of hydrogen-bond acceptors (Lipinski definition) is 3. The van der Waals surface area contributed by atoms with Crippen LogP contribution in [0.15, 0.2) is 30.6 Å². The first-order chi connectivity index (χ1) is 9.06. The molecule has 0 radical (unpaired) electrons. The number of aromatic nitrogens is 2. The van der Waals surface area contributed by atoms with E-state index in [2.05, 4.69) is 42.5 Å². The van der Waals surface area contributed by atoms with Gasteiger partial charge < -0.3 is 11.1 Å². The third kappa shape index (κ3) is 3.34. The van der Waals surface area contributed by atoms with Crippen LogP contribution in [-0.2, 0) is 17.9 Å². The molecule has 100 valence electrons. The molecule has 0 saturated carbocycles. The number of anilines is 1. The van der Waals surface area contributed by atoms with Crippen molar-refractivity contribution < 1.29 is 4.79 Å². The van der Waals surface area contributed by atoms with E-state index in [1.54, 1.807) is 12.4 Å². The van der Waals surface area contributed by atoms with E-state index < -0.39 is 5.91 Å². The standard InChI is InChI=1S/C14H18N4O/c1-10-4-3-5-12(11(10)2)6-16-13-7-17-18(8-13)9-14(15)19/h3-5,7-8,16H,6,9H2,1-2H3,(H2,15,19). The van der Waals surface area contributed by atoms with Crippen molar-refractivity contribution in [2.75, 3.05) is 5.32 Å². The van der Waals surface area contributed by atoms with E-state index in [0.717, 1.165) is 12.2 Å². The number of nitrogens with one attached hydrogen (secondary N) is 1. The number of nitrogens with two attached hydrogens (primary N) is 1. The smallest absolute Gasteiger partial charge is 0.239 e. The minimum atomic E-state index is -0.399. The first kappa shape index (κ1) is 13.1. The highest BCUT2D eigenvalue weighted by molar-refractivity contribution is 5.73. The lowest BCUT2D eigenvalue weighted by Crippen LogP contribution is -2.18. The van der Waals surface area contributed by atoms with E-state index >= 15 is 0 Å². The Morgan fingerprint density at radius 2 is 2.21 bits per heavy atom. The number of amides is 1. The maximum atomic E-state index is 10.8. The molecule has 1 aromatic heterocycles. The Hall–Kier alpha value is -2.30. The molecule has 0 aliphatic heterocycles. The van der Waals surface area contributed by atoms with Crippen LogP contribution in [0.5, 0.6) is 0 Å². The summed E-state index contributed by atoms with van der Waals surface area (Å²) in [6.07, 6.45) is 3.46. The molecule has 0 fully saturated rings. The molecule has 19 heavy (non-hydrogen) atoms. The van der Waals surface area contributed by atoms with E-state index in [9.17, 15) is 4.79 Å².